The van der Waals surface area contributed by atoms with Crippen molar-refractivity contribution in [2.24, 2.45) is 11.3 Å². The van der Waals surface area contributed by atoms with Crippen molar-refractivity contribution in [3.05, 3.63) is 24.3 Å². The van der Waals surface area contributed by atoms with Crippen LogP contribution in [0.2, 0.25) is 0 Å². The minimum absolute atomic E-state index is 0.0306. The molecule has 1 aliphatic rings. The molecule has 1 unspecified atom stereocenters. The highest BCUT2D eigenvalue weighted by molar-refractivity contribution is 6.08. The van der Waals surface area contributed by atoms with Crippen LogP contribution in [-0.2, 0) is 9.59 Å². The lowest BCUT2D eigenvalue weighted by Crippen LogP contribution is -2.36. The maximum Gasteiger partial charge on any atom is 0.150 e. The summed E-state index contributed by atoms with van der Waals surface area (Å²) in [5.41, 5.74) is -0.868. The van der Waals surface area contributed by atoms with Gasteiger partial charge in [-0.2, -0.15) is 0 Å². The van der Waals surface area contributed by atoms with Gasteiger partial charge in [0.2, 0.25) is 0 Å². The third kappa shape index (κ3) is 3.66. The SMILES string of the molecule is CC(=O)C1(C(=O)CCCCC(C)C)C=CC=CC1. The van der Waals surface area contributed by atoms with Gasteiger partial charge < -0.3 is 0 Å². The van der Waals surface area contributed by atoms with Crippen LogP contribution < -0.4 is 0 Å². The third-order valence-electron chi connectivity index (χ3n) is 3.63. The summed E-state index contributed by atoms with van der Waals surface area (Å²) in [6.45, 7) is 5.90. The molecular weight excluding hydrogens is 224 g/mol. The average molecular weight is 248 g/mol. The number of carbonyl (C=O) groups is 2. The molecule has 2 heteroatoms. The summed E-state index contributed by atoms with van der Waals surface area (Å²) in [7, 11) is 0. The largest absolute Gasteiger partial charge is 0.299 e. The van der Waals surface area contributed by atoms with Gasteiger partial charge in [0, 0.05) is 6.42 Å². The molecule has 0 amide bonds. The lowest BCUT2D eigenvalue weighted by Gasteiger charge is -2.26. The molecule has 2 nitrogen and oxygen atoms in total. The van der Waals surface area contributed by atoms with Crippen LogP contribution in [0, 0.1) is 11.3 Å². The molecule has 1 aliphatic carbocycles. The first kappa shape index (κ1) is 14.9. The normalized spacial score (nSPS) is 22.4. The molecule has 0 heterocycles. The molecule has 1 rings (SSSR count). The highest BCUT2D eigenvalue weighted by Crippen LogP contribution is 2.32. The van der Waals surface area contributed by atoms with Crippen LogP contribution in [0.1, 0.15) is 52.9 Å². The number of Topliss-reactive ketones (excluding diaryl/α,β-unsaturated/α-hetero) is 2. The second-order valence-electron chi connectivity index (χ2n) is 5.58. The standard InChI is InChI=1S/C16H24O2/c1-13(2)9-5-6-10-15(18)16(14(3)17)11-7-4-8-12-16/h4,7-8,11,13H,5-6,9-10,12H2,1-3H3. The Balaban J connectivity index is 2.54. The van der Waals surface area contributed by atoms with Crippen molar-refractivity contribution in [1.82, 2.24) is 0 Å². The smallest absolute Gasteiger partial charge is 0.150 e. The molecule has 18 heavy (non-hydrogen) atoms. The van der Waals surface area contributed by atoms with Crippen LogP contribution >= 0.6 is 0 Å². The minimum atomic E-state index is -0.868. The Labute approximate surface area is 110 Å². The van der Waals surface area contributed by atoms with Crippen LogP contribution in [0.4, 0.5) is 0 Å². The molecule has 0 spiro atoms. The lowest BCUT2D eigenvalue weighted by molar-refractivity contribution is -0.136. The monoisotopic (exact) mass is 248 g/mol. The Hall–Kier alpha value is -1.18. The van der Waals surface area contributed by atoms with E-state index in [0.717, 1.165) is 19.3 Å². The zero-order chi connectivity index (χ0) is 13.6. The van der Waals surface area contributed by atoms with Crippen molar-refractivity contribution >= 4 is 11.6 Å². The van der Waals surface area contributed by atoms with Gasteiger partial charge in [0.25, 0.3) is 0 Å². The van der Waals surface area contributed by atoms with Gasteiger partial charge >= 0.3 is 0 Å². The van der Waals surface area contributed by atoms with E-state index in [1.807, 2.05) is 18.2 Å². The van der Waals surface area contributed by atoms with Crippen LogP contribution in [0.3, 0.4) is 0 Å². The van der Waals surface area contributed by atoms with Gasteiger partial charge in [0.05, 0.1) is 0 Å². The quantitative estimate of drug-likeness (QED) is 0.506. The van der Waals surface area contributed by atoms with Crippen LogP contribution in [0.15, 0.2) is 24.3 Å². The van der Waals surface area contributed by atoms with Crippen molar-refractivity contribution in [1.29, 1.82) is 0 Å². The van der Waals surface area contributed by atoms with E-state index in [1.54, 1.807) is 6.08 Å². The zero-order valence-electron chi connectivity index (χ0n) is 11.7. The summed E-state index contributed by atoms with van der Waals surface area (Å²) in [5, 5.41) is 0. The van der Waals surface area contributed by atoms with Gasteiger partial charge in [-0.05, 0) is 25.7 Å². The summed E-state index contributed by atoms with van der Waals surface area (Å²) in [6.07, 6.45) is 11.6. The van der Waals surface area contributed by atoms with E-state index in [-0.39, 0.29) is 11.6 Å². The Bertz CT molecular complexity index is 363. The fourth-order valence-corrected chi connectivity index (χ4v) is 2.35. The second-order valence-corrected chi connectivity index (χ2v) is 5.58. The molecule has 0 aromatic rings. The van der Waals surface area contributed by atoms with E-state index in [9.17, 15) is 9.59 Å². The van der Waals surface area contributed by atoms with Crippen molar-refractivity contribution < 1.29 is 9.59 Å². The van der Waals surface area contributed by atoms with E-state index in [1.165, 1.54) is 6.92 Å². The van der Waals surface area contributed by atoms with Crippen LogP contribution in [0.5, 0.6) is 0 Å². The molecule has 100 valence electrons. The average Bonchev–Trinajstić information content (AvgIpc) is 2.34. The zero-order valence-corrected chi connectivity index (χ0v) is 11.7. The highest BCUT2D eigenvalue weighted by Gasteiger charge is 2.39. The summed E-state index contributed by atoms with van der Waals surface area (Å²) in [4.78, 5) is 24.1. The number of allylic oxidation sites excluding steroid dienone is 4. The fraction of sp³-hybridized carbons (Fsp3) is 0.625. The van der Waals surface area contributed by atoms with E-state index in [4.69, 9.17) is 0 Å². The van der Waals surface area contributed by atoms with Crippen LogP contribution in [0.25, 0.3) is 0 Å². The maximum atomic E-state index is 12.3. The van der Waals surface area contributed by atoms with Crippen molar-refractivity contribution in [3.63, 3.8) is 0 Å². The van der Waals surface area contributed by atoms with Gasteiger partial charge in [0.1, 0.15) is 11.2 Å². The maximum absolute atomic E-state index is 12.3. The van der Waals surface area contributed by atoms with Crippen molar-refractivity contribution in [2.75, 3.05) is 0 Å². The van der Waals surface area contributed by atoms with Gasteiger partial charge in [-0.1, -0.05) is 51.0 Å². The molecule has 0 saturated carbocycles. The molecule has 0 aromatic carbocycles. The molecule has 0 saturated heterocycles. The Morgan fingerprint density at radius 3 is 2.44 bits per heavy atom. The topological polar surface area (TPSA) is 34.1 Å². The predicted molar refractivity (Wildman–Crippen MR) is 74.3 cm³/mol. The van der Waals surface area contributed by atoms with E-state index in [2.05, 4.69) is 13.8 Å². The number of unbranched alkanes of at least 4 members (excludes halogenated alkanes) is 1. The molecule has 0 aliphatic heterocycles. The predicted octanol–water partition coefficient (Wildman–Crippen LogP) is 3.86. The Morgan fingerprint density at radius 1 is 1.22 bits per heavy atom. The van der Waals surface area contributed by atoms with Gasteiger partial charge in [-0.3, -0.25) is 9.59 Å². The van der Waals surface area contributed by atoms with Gasteiger partial charge in [0.15, 0.2) is 5.78 Å². The summed E-state index contributed by atoms with van der Waals surface area (Å²) >= 11 is 0. The van der Waals surface area contributed by atoms with Crippen molar-refractivity contribution in [2.45, 2.75) is 52.9 Å². The summed E-state index contributed by atoms with van der Waals surface area (Å²) in [6, 6.07) is 0. The van der Waals surface area contributed by atoms with Gasteiger partial charge in [-0.25, -0.2) is 0 Å². The van der Waals surface area contributed by atoms with E-state index >= 15 is 0 Å². The lowest BCUT2D eigenvalue weighted by atomic mass is 9.73. The third-order valence-corrected chi connectivity index (χ3v) is 3.63. The second kappa shape index (κ2) is 6.67. The molecular formula is C16H24O2. The van der Waals surface area contributed by atoms with E-state index < -0.39 is 5.41 Å². The molecule has 0 bridgehead atoms. The number of ketones is 2. The minimum Gasteiger partial charge on any atom is -0.299 e. The highest BCUT2D eigenvalue weighted by atomic mass is 16.2. The number of rotatable bonds is 7. The molecule has 0 radical (unpaired) electrons. The number of hydrogen-bond acceptors (Lipinski definition) is 2. The first-order chi connectivity index (χ1) is 8.49. The number of carbonyl (C=O) groups excluding carboxylic acids is 2. The first-order valence-electron chi connectivity index (χ1n) is 6.88. The summed E-state index contributed by atoms with van der Waals surface area (Å²) in [5.74, 6) is 0.732. The van der Waals surface area contributed by atoms with E-state index in [0.29, 0.717) is 18.8 Å². The molecule has 0 N–H and O–H groups in total. The summed E-state index contributed by atoms with van der Waals surface area (Å²) < 4.78 is 0. The van der Waals surface area contributed by atoms with Crippen molar-refractivity contribution in [3.8, 4) is 0 Å². The van der Waals surface area contributed by atoms with Crippen LogP contribution in [-0.4, -0.2) is 11.6 Å². The van der Waals surface area contributed by atoms with Gasteiger partial charge in [-0.15, -0.1) is 0 Å². The molecule has 0 aromatic heterocycles. The molecule has 0 fully saturated rings. The fourth-order valence-electron chi connectivity index (χ4n) is 2.35. The first-order valence-corrected chi connectivity index (χ1v) is 6.88. The molecule has 1 atom stereocenters. The Morgan fingerprint density at radius 2 is 1.94 bits per heavy atom. The number of hydrogen-bond donors (Lipinski definition) is 0. The Kier molecular flexibility index (Phi) is 5.52.